The summed E-state index contributed by atoms with van der Waals surface area (Å²) in [7, 11) is 1.66. The average Bonchev–Trinajstić information content (AvgIpc) is 3.08. The Labute approximate surface area is 233 Å². The van der Waals surface area contributed by atoms with Crippen LogP contribution in [0.25, 0.3) is 0 Å². The zero-order chi connectivity index (χ0) is 29.0. The maximum atomic E-state index is 14.0. The maximum Gasteiger partial charge on any atom is 0.410 e. The molecule has 3 rings (SSSR count). The van der Waals surface area contributed by atoms with Crippen molar-refractivity contribution >= 4 is 23.6 Å². The molecule has 0 N–H and O–H groups in total. The minimum atomic E-state index is -0.991. The number of hydrogen-bond acceptors (Lipinski definition) is 6. The maximum absolute atomic E-state index is 14.0. The molecule has 1 saturated heterocycles. The van der Waals surface area contributed by atoms with Crippen LogP contribution in [-0.2, 0) is 14.3 Å². The predicted molar refractivity (Wildman–Crippen MR) is 151 cm³/mol. The highest BCUT2D eigenvalue weighted by Gasteiger charge is 2.41. The van der Waals surface area contributed by atoms with E-state index in [4.69, 9.17) is 14.2 Å². The van der Waals surface area contributed by atoms with E-state index in [-0.39, 0.29) is 30.0 Å². The molecule has 0 aromatic heterocycles. The molecule has 1 aromatic carbocycles. The molecule has 218 valence electrons. The first kappa shape index (κ1) is 30.7. The molecule has 0 spiro atoms. The van der Waals surface area contributed by atoms with Gasteiger partial charge in [0.2, 0.25) is 0 Å². The lowest BCUT2D eigenvalue weighted by Crippen LogP contribution is -2.53. The second kappa shape index (κ2) is 12.6. The molecule has 9 nitrogen and oxygen atoms in total. The van der Waals surface area contributed by atoms with E-state index in [9.17, 15) is 14.4 Å². The van der Waals surface area contributed by atoms with Crippen LogP contribution in [0.5, 0.6) is 5.75 Å². The monoisotopic (exact) mass is 545 g/mol. The third-order valence-corrected chi connectivity index (χ3v) is 7.08. The minimum absolute atomic E-state index is 0.0842. The first-order valence-electron chi connectivity index (χ1n) is 14.2. The van der Waals surface area contributed by atoms with Gasteiger partial charge in [0.1, 0.15) is 11.4 Å². The molecule has 0 aliphatic carbocycles. The summed E-state index contributed by atoms with van der Waals surface area (Å²) in [5.41, 5.74) is -0.468. The smallest absolute Gasteiger partial charge is 0.410 e. The number of carbonyl (C=O) groups is 3. The number of fused-ring (bicyclic) bond motifs is 1. The summed E-state index contributed by atoms with van der Waals surface area (Å²) in [6.07, 6.45) is 3.83. The molecule has 0 bridgehead atoms. The van der Waals surface area contributed by atoms with Crippen LogP contribution in [0.3, 0.4) is 0 Å². The van der Waals surface area contributed by atoms with Gasteiger partial charge in [0, 0.05) is 45.0 Å². The van der Waals surface area contributed by atoms with Gasteiger partial charge in [-0.3, -0.25) is 9.59 Å². The molecule has 3 amide bonds. The van der Waals surface area contributed by atoms with Crippen LogP contribution in [-0.4, -0.2) is 84.3 Å². The molecule has 1 unspecified atom stereocenters. The third-order valence-electron chi connectivity index (χ3n) is 7.08. The Hall–Kier alpha value is -2.81. The number of anilines is 1. The number of benzene rings is 1. The topological polar surface area (TPSA) is 88.6 Å². The van der Waals surface area contributed by atoms with Gasteiger partial charge in [0.15, 0.2) is 5.60 Å². The second-order valence-electron chi connectivity index (χ2n) is 12.3. The summed E-state index contributed by atoms with van der Waals surface area (Å²) in [6, 6.07) is 5.11. The lowest BCUT2D eigenvalue weighted by atomic mass is 10.0. The fourth-order valence-electron chi connectivity index (χ4n) is 5.25. The lowest BCUT2D eigenvalue weighted by Gasteiger charge is -2.40. The van der Waals surface area contributed by atoms with E-state index in [0.717, 1.165) is 32.1 Å². The number of likely N-dealkylation sites (tertiary alicyclic amines) is 1. The number of carbonyl (C=O) groups excluding carboxylic acids is 3. The first-order valence-corrected chi connectivity index (χ1v) is 14.2. The number of ether oxygens (including phenoxy) is 3. The molecular formula is C30H47N3O6. The quantitative estimate of drug-likeness (QED) is 0.414. The van der Waals surface area contributed by atoms with Crippen LogP contribution in [0.1, 0.15) is 90.9 Å². The van der Waals surface area contributed by atoms with E-state index >= 15 is 0 Å². The Morgan fingerprint density at radius 3 is 2.54 bits per heavy atom. The number of hydrogen-bond donors (Lipinski definition) is 0. The second-order valence-corrected chi connectivity index (χ2v) is 12.3. The third kappa shape index (κ3) is 7.65. The van der Waals surface area contributed by atoms with Crippen molar-refractivity contribution in [1.82, 2.24) is 9.80 Å². The summed E-state index contributed by atoms with van der Waals surface area (Å²) >= 11 is 0. The van der Waals surface area contributed by atoms with Crippen LogP contribution in [0.2, 0.25) is 0 Å². The fraction of sp³-hybridized carbons (Fsp3) is 0.700. The summed E-state index contributed by atoms with van der Waals surface area (Å²) in [5, 5.41) is 0. The van der Waals surface area contributed by atoms with Gasteiger partial charge in [-0.15, -0.1) is 0 Å². The summed E-state index contributed by atoms with van der Waals surface area (Å²) in [5.74, 6) is 0.333. The van der Waals surface area contributed by atoms with E-state index in [1.165, 1.54) is 0 Å². The van der Waals surface area contributed by atoms with E-state index in [1.54, 1.807) is 49.0 Å². The minimum Gasteiger partial charge on any atom is -0.476 e. The zero-order valence-corrected chi connectivity index (χ0v) is 25.0. The number of methoxy groups -OCH3 is 1. The number of unbranched alkanes of at least 4 members (excludes halogenated alkanes) is 1. The zero-order valence-electron chi connectivity index (χ0n) is 25.0. The molecule has 0 saturated carbocycles. The normalized spacial score (nSPS) is 19.3. The van der Waals surface area contributed by atoms with E-state index in [0.29, 0.717) is 43.2 Å². The fourth-order valence-corrected chi connectivity index (χ4v) is 5.25. The molecule has 0 radical (unpaired) electrons. The van der Waals surface area contributed by atoms with Crippen molar-refractivity contribution in [2.24, 2.45) is 0 Å². The van der Waals surface area contributed by atoms with Crippen molar-refractivity contribution in [1.29, 1.82) is 0 Å². The lowest BCUT2D eigenvalue weighted by molar-refractivity contribution is -0.132. The van der Waals surface area contributed by atoms with Crippen molar-refractivity contribution in [2.75, 3.05) is 38.3 Å². The van der Waals surface area contributed by atoms with Gasteiger partial charge < -0.3 is 28.9 Å². The highest BCUT2D eigenvalue weighted by Crippen LogP contribution is 2.39. The summed E-state index contributed by atoms with van der Waals surface area (Å²) in [4.78, 5) is 45.6. The van der Waals surface area contributed by atoms with Gasteiger partial charge >= 0.3 is 6.09 Å². The van der Waals surface area contributed by atoms with Crippen molar-refractivity contribution in [2.45, 2.75) is 104 Å². The molecule has 2 aliphatic rings. The first-order chi connectivity index (χ1) is 18.2. The van der Waals surface area contributed by atoms with Gasteiger partial charge in [0.05, 0.1) is 11.7 Å². The van der Waals surface area contributed by atoms with Gasteiger partial charge in [-0.25, -0.2) is 4.79 Å². The van der Waals surface area contributed by atoms with Crippen LogP contribution < -0.4 is 9.64 Å². The molecule has 1 atom stereocenters. The van der Waals surface area contributed by atoms with E-state index in [1.807, 2.05) is 39.5 Å². The molecule has 2 heterocycles. The predicted octanol–water partition coefficient (Wildman–Crippen LogP) is 5.26. The highest BCUT2D eigenvalue weighted by molar-refractivity contribution is 6.04. The highest BCUT2D eigenvalue weighted by atomic mass is 16.6. The van der Waals surface area contributed by atoms with E-state index in [2.05, 4.69) is 0 Å². The van der Waals surface area contributed by atoms with Crippen LogP contribution in [0, 0.1) is 0 Å². The summed E-state index contributed by atoms with van der Waals surface area (Å²) in [6.45, 7) is 15.3. The van der Waals surface area contributed by atoms with Gasteiger partial charge in [-0.05, 0) is 98.8 Å². The van der Waals surface area contributed by atoms with Gasteiger partial charge in [-0.2, -0.15) is 0 Å². The Balaban J connectivity index is 1.88. The molecule has 1 aromatic rings. The number of rotatable bonds is 8. The van der Waals surface area contributed by atoms with E-state index < -0.39 is 11.2 Å². The largest absolute Gasteiger partial charge is 0.476 e. The number of amides is 3. The molecule has 1 fully saturated rings. The SMILES string of the molecule is COCCCCN1C(=O)C(C)(C)Oc2ccc(C(=O)N(C(C)C)C3CCCCN(C(=O)OC(C)(C)C)C3)cc21. The molecular weight excluding hydrogens is 498 g/mol. The van der Waals surface area contributed by atoms with Crippen molar-refractivity contribution in [3.63, 3.8) is 0 Å². The van der Waals surface area contributed by atoms with Crippen molar-refractivity contribution < 1.29 is 28.6 Å². The van der Waals surface area contributed by atoms with Gasteiger partial charge in [0.25, 0.3) is 11.8 Å². The van der Waals surface area contributed by atoms with Gasteiger partial charge in [-0.1, -0.05) is 0 Å². The number of nitrogens with zero attached hydrogens (tertiary/aromatic N) is 3. The van der Waals surface area contributed by atoms with Crippen molar-refractivity contribution in [3.8, 4) is 5.75 Å². The van der Waals surface area contributed by atoms with Crippen LogP contribution in [0.4, 0.5) is 10.5 Å². The standard InChI is InChI=1S/C30H47N3O6/c1-21(2)33(23-13-9-10-16-31(20-23)28(36)39-29(3,4)5)26(34)22-14-15-25-24(19-22)32(17-11-12-18-37-8)27(35)30(6,7)38-25/h14-15,19,21,23H,9-13,16-18,20H2,1-8H3. The Morgan fingerprint density at radius 1 is 1.18 bits per heavy atom. The van der Waals surface area contributed by atoms with Crippen molar-refractivity contribution in [3.05, 3.63) is 23.8 Å². The Morgan fingerprint density at radius 2 is 1.90 bits per heavy atom. The summed E-state index contributed by atoms with van der Waals surface area (Å²) < 4.78 is 16.9. The molecule has 2 aliphatic heterocycles. The molecule has 39 heavy (non-hydrogen) atoms. The Bertz CT molecular complexity index is 1030. The molecule has 9 heteroatoms. The van der Waals surface area contributed by atoms with Crippen LogP contribution in [0.15, 0.2) is 18.2 Å². The van der Waals surface area contributed by atoms with Crippen LogP contribution >= 0.6 is 0 Å². The Kier molecular flexibility index (Phi) is 9.91. The average molecular weight is 546 g/mol.